The van der Waals surface area contributed by atoms with Crippen LogP contribution in [-0.4, -0.2) is 37.2 Å². The second-order valence-electron chi connectivity index (χ2n) is 20.9. The van der Waals surface area contributed by atoms with Crippen LogP contribution in [0.4, 0.5) is 0 Å². The summed E-state index contributed by atoms with van der Waals surface area (Å²) < 4.78 is 16.8. The molecule has 0 N–H and O–H groups in total. The molecular weight excluding hydrogens is 913 g/mol. The van der Waals surface area contributed by atoms with Crippen LogP contribution in [0.25, 0.3) is 0 Å². The Morgan fingerprint density at radius 2 is 0.554 bits per heavy atom. The number of rotatable bonds is 57. The lowest BCUT2D eigenvalue weighted by atomic mass is 10.0. The molecule has 0 fully saturated rings. The number of hydrogen-bond donors (Lipinski definition) is 0. The van der Waals surface area contributed by atoms with E-state index in [0.29, 0.717) is 19.3 Å². The highest BCUT2D eigenvalue weighted by Gasteiger charge is 2.19. The molecule has 1 atom stereocenters. The summed E-state index contributed by atoms with van der Waals surface area (Å²) in [7, 11) is 0. The highest BCUT2D eigenvalue weighted by Crippen LogP contribution is 2.17. The second-order valence-corrected chi connectivity index (χ2v) is 20.9. The number of hydrogen-bond acceptors (Lipinski definition) is 6. The number of esters is 3. The number of carbonyl (C=O) groups excluding carboxylic acids is 3. The summed E-state index contributed by atoms with van der Waals surface area (Å²) in [4.78, 5) is 38.1. The normalized spacial score (nSPS) is 12.6. The van der Waals surface area contributed by atoms with Gasteiger partial charge in [-0.3, -0.25) is 14.4 Å². The third-order valence-electron chi connectivity index (χ3n) is 13.6. The van der Waals surface area contributed by atoms with Crippen molar-refractivity contribution in [3.63, 3.8) is 0 Å². The molecule has 0 amide bonds. The molecule has 0 saturated carbocycles. The van der Waals surface area contributed by atoms with Gasteiger partial charge in [0.25, 0.3) is 0 Å². The molecule has 0 aliphatic heterocycles. The topological polar surface area (TPSA) is 78.9 Å². The molecule has 0 aliphatic rings. The highest BCUT2D eigenvalue weighted by atomic mass is 16.6. The molecular formula is C68H118O6. The van der Waals surface area contributed by atoms with Crippen LogP contribution >= 0.6 is 0 Å². The Bertz CT molecular complexity index is 1420. The molecule has 0 aromatic heterocycles. The fourth-order valence-electron chi connectivity index (χ4n) is 8.89. The number of ether oxygens (including phenoxy) is 3. The molecule has 74 heavy (non-hydrogen) atoms. The molecule has 0 aromatic rings. The van der Waals surface area contributed by atoms with Crippen LogP contribution < -0.4 is 0 Å². The molecule has 0 rings (SSSR count). The molecule has 0 saturated heterocycles. The van der Waals surface area contributed by atoms with Crippen molar-refractivity contribution in [1.82, 2.24) is 0 Å². The minimum atomic E-state index is -0.816. The summed E-state index contributed by atoms with van der Waals surface area (Å²) in [6, 6.07) is 0. The summed E-state index contributed by atoms with van der Waals surface area (Å²) in [5.41, 5.74) is 0. The maximum atomic E-state index is 12.8. The lowest BCUT2D eigenvalue weighted by molar-refractivity contribution is -0.166. The summed E-state index contributed by atoms with van der Waals surface area (Å²) in [6.07, 6.45) is 82.0. The van der Waals surface area contributed by atoms with E-state index in [1.165, 1.54) is 180 Å². The van der Waals surface area contributed by atoms with E-state index in [1.54, 1.807) is 0 Å². The Morgan fingerprint density at radius 1 is 0.284 bits per heavy atom. The molecule has 6 heteroatoms. The van der Waals surface area contributed by atoms with Crippen molar-refractivity contribution in [3.8, 4) is 0 Å². The zero-order valence-electron chi connectivity index (χ0n) is 48.8. The summed E-state index contributed by atoms with van der Waals surface area (Å²) in [6.45, 7) is 6.44. The molecule has 6 nitrogen and oxygen atoms in total. The molecule has 426 valence electrons. The Balaban J connectivity index is 4.15. The first-order chi connectivity index (χ1) is 36.5. The standard InChI is InChI=1S/C68H118O6/c1-4-7-10-13-16-19-22-25-26-27-28-29-30-31-32-33-34-35-36-37-38-39-40-41-42-44-46-49-52-55-58-61-67(70)73-64-65(63-72-66(69)60-57-54-51-48-45-24-21-18-15-12-9-6-3)74-68(71)62-59-56-53-50-47-43-23-20-17-14-11-8-5-2/h8,11,17-18,20-22,25,27-28,43,47,53,56,65H,4-7,9-10,12-16,19,23-24,26,29-42,44-46,48-52,54-55,57-64H2,1-3H3/b11-8-,20-17-,21-18-,25-22-,28-27-,47-43-,56-53-. The van der Waals surface area contributed by atoms with E-state index in [4.69, 9.17) is 14.2 Å². The SMILES string of the molecule is CC/C=C\C/C=C\C/C=C\C/C=C\CCC(=O)OC(COC(=O)CCCCCCC/C=C\CCCCC)COC(=O)CCCCCCCCCCCCCCCCCCCCC/C=C\C/C=C\CCCCCCC. The Hall–Kier alpha value is -3.41. The zero-order chi connectivity index (χ0) is 53.6. The van der Waals surface area contributed by atoms with Gasteiger partial charge in [-0.05, 0) is 103 Å². The van der Waals surface area contributed by atoms with Gasteiger partial charge in [-0.15, -0.1) is 0 Å². The van der Waals surface area contributed by atoms with Crippen molar-refractivity contribution < 1.29 is 28.6 Å². The van der Waals surface area contributed by atoms with Crippen LogP contribution in [0.1, 0.15) is 310 Å². The monoisotopic (exact) mass is 1030 g/mol. The van der Waals surface area contributed by atoms with E-state index in [-0.39, 0.29) is 37.5 Å². The maximum Gasteiger partial charge on any atom is 0.306 e. The van der Waals surface area contributed by atoms with E-state index in [0.717, 1.165) is 83.5 Å². The molecule has 0 radical (unpaired) electrons. The van der Waals surface area contributed by atoms with E-state index in [2.05, 4.69) is 99.8 Å². The van der Waals surface area contributed by atoms with Crippen molar-refractivity contribution in [2.24, 2.45) is 0 Å². The quantitative estimate of drug-likeness (QED) is 0.0261. The van der Waals surface area contributed by atoms with Crippen molar-refractivity contribution >= 4 is 17.9 Å². The van der Waals surface area contributed by atoms with Crippen LogP contribution in [0.15, 0.2) is 85.1 Å². The summed E-state index contributed by atoms with van der Waals surface area (Å²) in [5, 5.41) is 0. The Labute approximate surface area is 458 Å². The molecule has 0 bridgehead atoms. The lowest BCUT2D eigenvalue weighted by Gasteiger charge is -2.18. The fourth-order valence-corrected chi connectivity index (χ4v) is 8.89. The zero-order valence-corrected chi connectivity index (χ0v) is 48.8. The first kappa shape index (κ1) is 70.6. The van der Waals surface area contributed by atoms with Crippen LogP contribution in [0.5, 0.6) is 0 Å². The maximum absolute atomic E-state index is 12.8. The average molecular weight is 1030 g/mol. The predicted molar refractivity (Wildman–Crippen MR) is 321 cm³/mol. The van der Waals surface area contributed by atoms with Crippen LogP contribution in [0.3, 0.4) is 0 Å². The predicted octanol–water partition coefficient (Wildman–Crippen LogP) is 21.5. The third kappa shape index (κ3) is 59.5. The first-order valence-electron chi connectivity index (χ1n) is 31.6. The largest absolute Gasteiger partial charge is 0.462 e. The summed E-state index contributed by atoms with van der Waals surface area (Å²) in [5.74, 6) is -0.989. The highest BCUT2D eigenvalue weighted by molar-refractivity contribution is 5.71. The van der Waals surface area contributed by atoms with Gasteiger partial charge in [-0.2, -0.15) is 0 Å². The van der Waals surface area contributed by atoms with Crippen molar-refractivity contribution in [3.05, 3.63) is 85.1 Å². The van der Waals surface area contributed by atoms with Crippen LogP contribution in [-0.2, 0) is 28.6 Å². The van der Waals surface area contributed by atoms with Crippen molar-refractivity contribution in [1.29, 1.82) is 0 Å². The van der Waals surface area contributed by atoms with Crippen LogP contribution in [0.2, 0.25) is 0 Å². The molecule has 0 aliphatic carbocycles. The second kappa shape index (κ2) is 62.1. The minimum Gasteiger partial charge on any atom is -0.462 e. The van der Waals surface area contributed by atoms with Gasteiger partial charge < -0.3 is 14.2 Å². The Morgan fingerprint density at radius 3 is 0.919 bits per heavy atom. The van der Waals surface area contributed by atoms with Gasteiger partial charge in [0.15, 0.2) is 6.10 Å². The molecule has 1 unspecified atom stereocenters. The van der Waals surface area contributed by atoms with Gasteiger partial charge >= 0.3 is 17.9 Å². The van der Waals surface area contributed by atoms with E-state index in [1.807, 2.05) is 6.08 Å². The average Bonchev–Trinajstić information content (AvgIpc) is 3.40. The first-order valence-corrected chi connectivity index (χ1v) is 31.6. The van der Waals surface area contributed by atoms with Gasteiger partial charge in [-0.25, -0.2) is 0 Å². The van der Waals surface area contributed by atoms with E-state index >= 15 is 0 Å². The van der Waals surface area contributed by atoms with Crippen molar-refractivity contribution in [2.75, 3.05) is 13.2 Å². The van der Waals surface area contributed by atoms with E-state index < -0.39 is 6.10 Å². The Kier molecular flexibility index (Phi) is 59.3. The summed E-state index contributed by atoms with van der Waals surface area (Å²) >= 11 is 0. The fraction of sp³-hybridized carbons (Fsp3) is 0.750. The number of allylic oxidation sites excluding steroid dienone is 14. The van der Waals surface area contributed by atoms with Gasteiger partial charge in [0.2, 0.25) is 0 Å². The van der Waals surface area contributed by atoms with Gasteiger partial charge in [0.05, 0.1) is 0 Å². The van der Waals surface area contributed by atoms with Gasteiger partial charge in [0.1, 0.15) is 13.2 Å². The number of carbonyl (C=O) groups is 3. The smallest absolute Gasteiger partial charge is 0.306 e. The van der Waals surface area contributed by atoms with Crippen molar-refractivity contribution in [2.45, 2.75) is 316 Å². The molecule has 0 heterocycles. The molecule has 0 aromatic carbocycles. The number of unbranched alkanes of at least 4 members (excludes halogenated alkanes) is 32. The van der Waals surface area contributed by atoms with Crippen LogP contribution in [0, 0.1) is 0 Å². The lowest BCUT2D eigenvalue weighted by Crippen LogP contribution is -2.30. The minimum absolute atomic E-state index is 0.105. The van der Waals surface area contributed by atoms with Gasteiger partial charge in [-0.1, -0.05) is 273 Å². The third-order valence-corrected chi connectivity index (χ3v) is 13.6. The van der Waals surface area contributed by atoms with E-state index in [9.17, 15) is 14.4 Å². The van der Waals surface area contributed by atoms with Gasteiger partial charge in [0, 0.05) is 19.3 Å². The molecule has 0 spiro atoms.